The van der Waals surface area contributed by atoms with Gasteiger partial charge in [0.15, 0.2) is 0 Å². The van der Waals surface area contributed by atoms with Gasteiger partial charge < -0.3 is 14.8 Å². The zero-order chi connectivity index (χ0) is 21.6. The van der Waals surface area contributed by atoms with E-state index in [1.165, 1.54) is 12.0 Å². The second-order valence-electron chi connectivity index (χ2n) is 8.06. The van der Waals surface area contributed by atoms with Crippen LogP contribution in [0, 0.1) is 0 Å². The Morgan fingerprint density at radius 2 is 1.74 bits per heavy atom. The van der Waals surface area contributed by atoms with Crippen molar-refractivity contribution in [3.63, 3.8) is 0 Å². The van der Waals surface area contributed by atoms with Gasteiger partial charge in [0.1, 0.15) is 0 Å². The van der Waals surface area contributed by atoms with Gasteiger partial charge >= 0.3 is 6.03 Å². The van der Waals surface area contributed by atoms with E-state index in [9.17, 15) is 4.79 Å². The standard InChI is InChI=1S/C25H27Cl2N3O/c26-22-14-7-15-23(24(22)27)28-25(31)30(20-11-5-2-6-12-20)18-21-13-8-16-29(21)17-19-9-3-1-4-10-19/h1,3-4,7-10,13-16,20H,2,5-6,11-12,17-18H2,(H,28,31). The predicted molar refractivity (Wildman–Crippen MR) is 128 cm³/mol. The van der Waals surface area contributed by atoms with Crippen molar-refractivity contribution in [2.45, 2.75) is 51.2 Å². The molecule has 0 saturated heterocycles. The second kappa shape index (κ2) is 10.3. The van der Waals surface area contributed by atoms with Crippen molar-refractivity contribution >= 4 is 34.9 Å². The predicted octanol–water partition coefficient (Wildman–Crippen LogP) is 7.21. The van der Waals surface area contributed by atoms with Crippen molar-refractivity contribution in [3.8, 4) is 0 Å². The van der Waals surface area contributed by atoms with Crippen LogP contribution >= 0.6 is 23.2 Å². The third kappa shape index (κ3) is 5.44. The van der Waals surface area contributed by atoms with Gasteiger partial charge in [-0.1, -0.05) is 78.9 Å². The molecule has 1 heterocycles. The number of anilines is 1. The normalized spacial score (nSPS) is 14.4. The van der Waals surface area contributed by atoms with Crippen LogP contribution < -0.4 is 5.32 Å². The van der Waals surface area contributed by atoms with Gasteiger partial charge in [-0.15, -0.1) is 0 Å². The molecule has 0 atom stereocenters. The lowest BCUT2D eigenvalue weighted by Crippen LogP contribution is -2.43. The van der Waals surface area contributed by atoms with Gasteiger partial charge in [-0.3, -0.25) is 0 Å². The molecular weight excluding hydrogens is 429 g/mol. The van der Waals surface area contributed by atoms with Crippen molar-refractivity contribution in [3.05, 3.63) is 88.2 Å². The second-order valence-corrected chi connectivity index (χ2v) is 8.85. The van der Waals surface area contributed by atoms with E-state index in [4.69, 9.17) is 23.2 Å². The minimum atomic E-state index is -0.136. The van der Waals surface area contributed by atoms with Crippen molar-refractivity contribution in [2.75, 3.05) is 5.32 Å². The van der Waals surface area contributed by atoms with Crippen LogP contribution in [-0.4, -0.2) is 21.5 Å². The van der Waals surface area contributed by atoms with Crippen LogP contribution in [0.5, 0.6) is 0 Å². The van der Waals surface area contributed by atoms with Crippen molar-refractivity contribution in [1.82, 2.24) is 9.47 Å². The summed E-state index contributed by atoms with van der Waals surface area (Å²) in [6.45, 7) is 1.33. The fraction of sp³-hybridized carbons (Fsp3) is 0.320. The molecule has 1 aliphatic rings. The molecule has 1 N–H and O–H groups in total. The minimum absolute atomic E-state index is 0.136. The van der Waals surface area contributed by atoms with Gasteiger partial charge in [-0.2, -0.15) is 0 Å². The number of rotatable bonds is 6. The molecule has 0 aliphatic heterocycles. The van der Waals surface area contributed by atoms with Gasteiger partial charge in [-0.25, -0.2) is 4.79 Å². The molecule has 2 amide bonds. The number of benzene rings is 2. The van der Waals surface area contributed by atoms with Crippen LogP contribution in [0.2, 0.25) is 10.0 Å². The van der Waals surface area contributed by atoms with Crippen LogP contribution in [0.15, 0.2) is 66.9 Å². The van der Waals surface area contributed by atoms with E-state index in [-0.39, 0.29) is 12.1 Å². The van der Waals surface area contributed by atoms with Crippen LogP contribution in [0.25, 0.3) is 0 Å². The summed E-state index contributed by atoms with van der Waals surface area (Å²) in [6, 6.07) is 19.9. The molecule has 162 valence electrons. The van der Waals surface area contributed by atoms with Gasteiger partial charge in [0.2, 0.25) is 0 Å². The Hall–Kier alpha value is -2.43. The Balaban J connectivity index is 1.55. The maximum Gasteiger partial charge on any atom is 0.322 e. The summed E-state index contributed by atoms with van der Waals surface area (Å²) in [7, 11) is 0. The number of nitrogens with zero attached hydrogens (tertiary/aromatic N) is 2. The third-order valence-corrected chi connectivity index (χ3v) is 6.74. The smallest absolute Gasteiger partial charge is 0.322 e. The number of carbonyl (C=O) groups is 1. The van der Waals surface area contributed by atoms with Gasteiger partial charge in [0.05, 0.1) is 22.3 Å². The molecule has 4 rings (SSSR count). The van der Waals surface area contributed by atoms with E-state index in [0.29, 0.717) is 22.3 Å². The van der Waals surface area contributed by atoms with E-state index in [1.54, 1.807) is 18.2 Å². The summed E-state index contributed by atoms with van der Waals surface area (Å²) >= 11 is 12.5. The van der Waals surface area contributed by atoms with E-state index in [1.807, 2.05) is 17.0 Å². The highest BCUT2D eigenvalue weighted by Crippen LogP contribution is 2.31. The molecule has 2 aromatic carbocycles. The average Bonchev–Trinajstić information content (AvgIpc) is 3.23. The lowest BCUT2D eigenvalue weighted by atomic mass is 9.94. The Morgan fingerprint density at radius 3 is 2.52 bits per heavy atom. The fourth-order valence-electron chi connectivity index (χ4n) is 4.25. The number of amides is 2. The lowest BCUT2D eigenvalue weighted by Gasteiger charge is -2.34. The van der Waals surface area contributed by atoms with E-state index >= 15 is 0 Å². The highest BCUT2D eigenvalue weighted by Gasteiger charge is 2.27. The molecule has 1 saturated carbocycles. The summed E-state index contributed by atoms with van der Waals surface area (Å²) in [5, 5.41) is 3.79. The summed E-state index contributed by atoms with van der Waals surface area (Å²) in [4.78, 5) is 15.3. The number of halogens is 2. The number of hydrogen-bond donors (Lipinski definition) is 1. The zero-order valence-corrected chi connectivity index (χ0v) is 18.9. The van der Waals surface area contributed by atoms with Crippen LogP contribution in [0.3, 0.4) is 0 Å². The maximum absolute atomic E-state index is 13.4. The summed E-state index contributed by atoms with van der Waals surface area (Å²) in [5.74, 6) is 0. The van der Waals surface area contributed by atoms with Gasteiger partial charge in [-0.05, 0) is 42.7 Å². The van der Waals surface area contributed by atoms with E-state index in [2.05, 4.69) is 46.4 Å². The molecule has 4 nitrogen and oxygen atoms in total. The largest absolute Gasteiger partial charge is 0.345 e. The van der Waals surface area contributed by atoms with Crippen LogP contribution in [-0.2, 0) is 13.1 Å². The van der Waals surface area contributed by atoms with Crippen molar-refractivity contribution in [2.24, 2.45) is 0 Å². The first-order chi connectivity index (χ1) is 15.1. The summed E-state index contributed by atoms with van der Waals surface area (Å²) in [6.07, 6.45) is 7.66. The lowest BCUT2D eigenvalue weighted by molar-refractivity contribution is 0.161. The molecule has 1 aliphatic carbocycles. The number of hydrogen-bond acceptors (Lipinski definition) is 1. The first-order valence-electron chi connectivity index (χ1n) is 10.8. The van der Waals surface area contributed by atoms with Crippen LogP contribution in [0.1, 0.15) is 43.4 Å². The Morgan fingerprint density at radius 1 is 0.968 bits per heavy atom. The molecule has 1 aromatic heterocycles. The third-order valence-electron chi connectivity index (χ3n) is 5.92. The quantitative estimate of drug-likeness (QED) is 0.418. The SMILES string of the molecule is O=C(Nc1cccc(Cl)c1Cl)N(Cc1cccn1Cc1ccccc1)C1CCCCC1. The number of urea groups is 1. The average molecular weight is 456 g/mol. The molecule has 31 heavy (non-hydrogen) atoms. The van der Waals surface area contributed by atoms with Gasteiger partial charge in [0, 0.05) is 24.5 Å². The zero-order valence-electron chi connectivity index (χ0n) is 17.4. The van der Waals surface area contributed by atoms with Crippen molar-refractivity contribution < 1.29 is 4.79 Å². The van der Waals surface area contributed by atoms with E-state index in [0.717, 1.165) is 37.9 Å². The topological polar surface area (TPSA) is 37.3 Å². The van der Waals surface area contributed by atoms with Crippen LogP contribution in [0.4, 0.5) is 10.5 Å². The molecule has 0 unspecified atom stereocenters. The molecule has 0 radical (unpaired) electrons. The number of carbonyl (C=O) groups excluding carboxylic acids is 1. The summed E-state index contributed by atoms with van der Waals surface area (Å²) < 4.78 is 2.21. The highest BCUT2D eigenvalue weighted by atomic mass is 35.5. The fourth-order valence-corrected chi connectivity index (χ4v) is 4.60. The Kier molecular flexibility index (Phi) is 7.21. The molecule has 1 fully saturated rings. The highest BCUT2D eigenvalue weighted by molar-refractivity contribution is 6.43. The number of aromatic nitrogens is 1. The Bertz CT molecular complexity index is 1010. The van der Waals surface area contributed by atoms with E-state index < -0.39 is 0 Å². The van der Waals surface area contributed by atoms with Crippen molar-refractivity contribution in [1.29, 1.82) is 0 Å². The number of nitrogens with one attached hydrogen (secondary N) is 1. The monoisotopic (exact) mass is 455 g/mol. The molecule has 0 bridgehead atoms. The van der Waals surface area contributed by atoms with Gasteiger partial charge in [0.25, 0.3) is 0 Å². The molecular formula is C25H27Cl2N3O. The maximum atomic E-state index is 13.4. The molecule has 0 spiro atoms. The first kappa shape index (κ1) is 21.8. The Labute approximate surface area is 193 Å². The minimum Gasteiger partial charge on any atom is -0.345 e. The summed E-state index contributed by atoms with van der Waals surface area (Å²) in [5.41, 5.74) is 2.89. The molecule has 6 heteroatoms. The first-order valence-corrected chi connectivity index (χ1v) is 11.6. The molecule has 3 aromatic rings.